The second kappa shape index (κ2) is 6.37. The van der Waals surface area contributed by atoms with Gasteiger partial charge in [0.15, 0.2) is 0 Å². The van der Waals surface area contributed by atoms with Crippen LogP contribution in [0, 0.1) is 11.3 Å². The molecule has 0 heterocycles. The Morgan fingerprint density at radius 1 is 1.56 bits per heavy atom. The number of ether oxygens (including phenoxy) is 1. The van der Waals surface area contributed by atoms with Crippen molar-refractivity contribution in [2.45, 2.75) is 19.4 Å². The van der Waals surface area contributed by atoms with E-state index in [2.05, 4.69) is 11.4 Å². The average molecular weight is 239 g/mol. The zero-order valence-corrected chi connectivity index (χ0v) is 10.2. The van der Waals surface area contributed by atoms with Crippen molar-refractivity contribution in [1.82, 2.24) is 0 Å². The van der Waals surface area contributed by atoms with Gasteiger partial charge in [-0.05, 0) is 25.5 Å². The second-order valence-electron chi connectivity index (χ2n) is 3.60. The van der Waals surface area contributed by atoms with E-state index in [1.54, 1.807) is 13.2 Å². The Kier molecular flexibility index (Phi) is 5.10. The maximum Gasteiger partial charge on any atom is 0.103 e. The van der Waals surface area contributed by atoms with E-state index in [1.165, 1.54) is 0 Å². The molecule has 0 amide bonds. The molecule has 1 rings (SSSR count). The minimum atomic E-state index is 0.241. The van der Waals surface area contributed by atoms with Crippen LogP contribution in [0.1, 0.15) is 18.9 Å². The maximum absolute atomic E-state index is 8.99. The molecule has 0 saturated carbocycles. The zero-order chi connectivity index (χ0) is 12.0. The molecule has 0 aliphatic carbocycles. The Hall–Kier alpha value is -1.24. The lowest BCUT2D eigenvalue weighted by Crippen LogP contribution is -2.17. The smallest absolute Gasteiger partial charge is 0.103 e. The fraction of sp³-hybridized carbons (Fsp3) is 0.417. The second-order valence-corrected chi connectivity index (χ2v) is 4.01. The molecule has 3 nitrogen and oxygen atoms in total. The zero-order valence-electron chi connectivity index (χ0n) is 9.46. The standard InChI is InChI=1S/C12H15ClN2O/c1-9(6-7-16-2)15-12-5-3-4-11(13)10(12)8-14/h3-5,9,15H,6-7H2,1-2H3. The molecular weight excluding hydrogens is 224 g/mol. The van der Waals surface area contributed by atoms with Gasteiger partial charge in [0.2, 0.25) is 0 Å². The number of anilines is 1. The Labute approximate surface area is 101 Å². The summed E-state index contributed by atoms with van der Waals surface area (Å²) in [6.45, 7) is 2.73. The van der Waals surface area contributed by atoms with Gasteiger partial charge in [-0.25, -0.2) is 0 Å². The van der Waals surface area contributed by atoms with Crippen LogP contribution in [-0.2, 0) is 4.74 Å². The molecule has 0 spiro atoms. The Morgan fingerprint density at radius 2 is 2.31 bits per heavy atom. The topological polar surface area (TPSA) is 45.0 Å². The van der Waals surface area contributed by atoms with Crippen molar-refractivity contribution >= 4 is 17.3 Å². The van der Waals surface area contributed by atoms with E-state index in [9.17, 15) is 0 Å². The van der Waals surface area contributed by atoms with Crippen LogP contribution in [0.2, 0.25) is 5.02 Å². The number of halogens is 1. The molecule has 0 aliphatic rings. The summed E-state index contributed by atoms with van der Waals surface area (Å²) >= 11 is 5.93. The molecule has 16 heavy (non-hydrogen) atoms. The highest BCUT2D eigenvalue weighted by atomic mass is 35.5. The molecule has 4 heteroatoms. The van der Waals surface area contributed by atoms with Crippen LogP contribution in [0.15, 0.2) is 18.2 Å². The van der Waals surface area contributed by atoms with Crippen LogP contribution in [0.3, 0.4) is 0 Å². The van der Waals surface area contributed by atoms with E-state index < -0.39 is 0 Å². The van der Waals surface area contributed by atoms with Crippen LogP contribution in [-0.4, -0.2) is 19.8 Å². The normalized spacial score (nSPS) is 11.9. The van der Waals surface area contributed by atoms with Gasteiger partial charge >= 0.3 is 0 Å². The third kappa shape index (κ3) is 3.41. The van der Waals surface area contributed by atoms with Gasteiger partial charge in [-0.3, -0.25) is 0 Å². The van der Waals surface area contributed by atoms with Crippen molar-refractivity contribution in [2.75, 3.05) is 19.0 Å². The largest absolute Gasteiger partial charge is 0.385 e. The van der Waals surface area contributed by atoms with E-state index in [1.807, 2.05) is 19.1 Å². The fourth-order valence-corrected chi connectivity index (χ4v) is 1.61. The Bertz CT molecular complexity index is 387. The third-order valence-corrected chi connectivity index (χ3v) is 2.60. The number of nitrogens with zero attached hydrogens (tertiary/aromatic N) is 1. The van der Waals surface area contributed by atoms with Gasteiger partial charge in [0.25, 0.3) is 0 Å². The minimum absolute atomic E-state index is 0.241. The first kappa shape index (κ1) is 12.8. The predicted molar refractivity (Wildman–Crippen MR) is 65.7 cm³/mol. The van der Waals surface area contributed by atoms with Gasteiger partial charge in [0, 0.05) is 19.8 Å². The molecule has 1 atom stereocenters. The van der Waals surface area contributed by atoms with Gasteiger partial charge in [-0.1, -0.05) is 17.7 Å². The molecule has 86 valence electrons. The SMILES string of the molecule is COCCC(C)Nc1cccc(Cl)c1C#N. The molecular formula is C12H15ClN2O. The molecule has 1 N–H and O–H groups in total. The molecule has 1 aromatic rings. The van der Waals surface area contributed by atoms with Crippen LogP contribution >= 0.6 is 11.6 Å². The van der Waals surface area contributed by atoms with Gasteiger partial charge in [-0.15, -0.1) is 0 Å². The highest BCUT2D eigenvalue weighted by Crippen LogP contribution is 2.24. The summed E-state index contributed by atoms with van der Waals surface area (Å²) in [5.41, 5.74) is 1.27. The van der Waals surface area contributed by atoms with Crippen LogP contribution in [0.4, 0.5) is 5.69 Å². The Balaban J connectivity index is 2.74. The minimum Gasteiger partial charge on any atom is -0.385 e. The van der Waals surface area contributed by atoms with Crippen LogP contribution in [0.5, 0.6) is 0 Å². The first-order chi connectivity index (χ1) is 7.69. The number of benzene rings is 1. The molecule has 1 aromatic carbocycles. The summed E-state index contributed by atoms with van der Waals surface area (Å²) in [5, 5.41) is 12.7. The molecule has 0 saturated heterocycles. The van der Waals surface area contributed by atoms with Crippen molar-refractivity contribution in [3.8, 4) is 6.07 Å². The van der Waals surface area contributed by atoms with E-state index in [4.69, 9.17) is 21.6 Å². The van der Waals surface area contributed by atoms with Gasteiger partial charge in [0.1, 0.15) is 6.07 Å². The summed E-state index contributed by atoms with van der Waals surface area (Å²) in [4.78, 5) is 0. The third-order valence-electron chi connectivity index (χ3n) is 2.28. The van der Waals surface area contributed by atoms with Gasteiger partial charge in [-0.2, -0.15) is 5.26 Å². The first-order valence-corrected chi connectivity index (χ1v) is 5.51. The molecule has 1 unspecified atom stereocenters. The Morgan fingerprint density at radius 3 is 2.94 bits per heavy atom. The quantitative estimate of drug-likeness (QED) is 0.858. The number of nitrogens with one attached hydrogen (secondary N) is 1. The highest BCUT2D eigenvalue weighted by Gasteiger charge is 2.08. The lowest BCUT2D eigenvalue weighted by atomic mass is 10.1. The van der Waals surface area contributed by atoms with Crippen LogP contribution in [0.25, 0.3) is 0 Å². The van der Waals surface area contributed by atoms with E-state index >= 15 is 0 Å². The fourth-order valence-electron chi connectivity index (χ4n) is 1.39. The monoisotopic (exact) mass is 238 g/mol. The molecule has 0 radical (unpaired) electrons. The number of rotatable bonds is 5. The summed E-state index contributed by atoms with van der Waals surface area (Å²) in [7, 11) is 1.67. The summed E-state index contributed by atoms with van der Waals surface area (Å²) in [6, 6.07) is 7.74. The highest BCUT2D eigenvalue weighted by molar-refractivity contribution is 6.32. The van der Waals surface area contributed by atoms with E-state index in [0.717, 1.165) is 12.1 Å². The number of methoxy groups -OCH3 is 1. The van der Waals surface area contributed by atoms with Crippen molar-refractivity contribution in [2.24, 2.45) is 0 Å². The molecule has 0 aliphatic heterocycles. The lowest BCUT2D eigenvalue weighted by Gasteiger charge is -2.16. The van der Waals surface area contributed by atoms with Crippen molar-refractivity contribution in [1.29, 1.82) is 5.26 Å². The van der Waals surface area contributed by atoms with Gasteiger partial charge in [0.05, 0.1) is 16.3 Å². The maximum atomic E-state index is 8.99. The summed E-state index contributed by atoms with van der Waals surface area (Å²) in [5.74, 6) is 0. The number of hydrogen-bond donors (Lipinski definition) is 1. The van der Waals surface area contributed by atoms with Crippen molar-refractivity contribution < 1.29 is 4.74 Å². The summed E-state index contributed by atoms with van der Waals surface area (Å²) in [6.07, 6.45) is 0.883. The number of hydrogen-bond acceptors (Lipinski definition) is 3. The van der Waals surface area contributed by atoms with Gasteiger partial charge < -0.3 is 10.1 Å². The molecule has 0 aromatic heterocycles. The first-order valence-electron chi connectivity index (χ1n) is 5.13. The molecule has 0 fully saturated rings. The average Bonchev–Trinajstić information content (AvgIpc) is 2.27. The van der Waals surface area contributed by atoms with Crippen molar-refractivity contribution in [3.05, 3.63) is 28.8 Å². The van der Waals surface area contributed by atoms with Crippen LogP contribution < -0.4 is 5.32 Å². The lowest BCUT2D eigenvalue weighted by molar-refractivity contribution is 0.191. The summed E-state index contributed by atoms with van der Waals surface area (Å²) < 4.78 is 5.00. The van der Waals surface area contributed by atoms with E-state index in [0.29, 0.717) is 17.2 Å². The number of nitriles is 1. The van der Waals surface area contributed by atoms with E-state index in [-0.39, 0.29) is 6.04 Å². The predicted octanol–water partition coefficient (Wildman–Crippen LogP) is 3.05. The molecule has 0 bridgehead atoms. The van der Waals surface area contributed by atoms with Crippen molar-refractivity contribution in [3.63, 3.8) is 0 Å².